The maximum Gasteiger partial charge on any atom is 0.336 e. The number of ether oxygens (including phenoxy) is 2. The van der Waals surface area contributed by atoms with E-state index in [4.69, 9.17) is 32.7 Å². The van der Waals surface area contributed by atoms with Crippen LogP contribution in [0.2, 0.25) is 10.0 Å². The van der Waals surface area contributed by atoms with Crippen LogP contribution in [-0.2, 0) is 9.59 Å². The Morgan fingerprint density at radius 1 is 1.03 bits per heavy atom. The zero-order valence-corrected chi connectivity index (χ0v) is 17.7. The monoisotopic (exact) mass is 448 g/mol. The van der Waals surface area contributed by atoms with E-state index in [-0.39, 0.29) is 21.3 Å². The maximum atomic E-state index is 13.1. The Balaban J connectivity index is 2.06. The lowest BCUT2D eigenvalue weighted by Crippen LogP contribution is -2.54. The van der Waals surface area contributed by atoms with Gasteiger partial charge in [-0.25, -0.2) is 9.69 Å². The van der Waals surface area contributed by atoms with Crippen molar-refractivity contribution >= 4 is 52.8 Å². The summed E-state index contributed by atoms with van der Waals surface area (Å²) in [5.74, 6) is -0.634. The predicted molar refractivity (Wildman–Crippen MR) is 114 cm³/mol. The smallest absolute Gasteiger partial charge is 0.336 e. The fourth-order valence-electron chi connectivity index (χ4n) is 2.87. The first-order valence-corrected chi connectivity index (χ1v) is 9.88. The number of urea groups is 1. The van der Waals surface area contributed by atoms with Crippen LogP contribution in [0.4, 0.5) is 10.5 Å². The van der Waals surface area contributed by atoms with Crippen molar-refractivity contribution in [1.82, 2.24) is 5.32 Å². The Labute approximate surface area is 183 Å². The van der Waals surface area contributed by atoms with Gasteiger partial charge in [0.15, 0.2) is 0 Å². The molecular weight excluding hydrogens is 431 g/mol. The van der Waals surface area contributed by atoms with Crippen molar-refractivity contribution in [1.29, 1.82) is 0 Å². The molecule has 0 radical (unpaired) electrons. The van der Waals surface area contributed by atoms with Gasteiger partial charge in [-0.1, -0.05) is 29.3 Å². The molecule has 0 saturated carbocycles. The van der Waals surface area contributed by atoms with E-state index >= 15 is 0 Å². The Bertz CT molecular complexity index is 1050. The lowest BCUT2D eigenvalue weighted by Gasteiger charge is -2.27. The number of hydrogen-bond donors (Lipinski definition) is 1. The first-order valence-electron chi connectivity index (χ1n) is 9.12. The third kappa shape index (κ3) is 4.27. The minimum atomic E-state index is -0.914. The SMILES string of the molecule is CCOc1ccc(/C=C2\C(=O)NC(=O)N(c3cccc(Cl)c3Cl)C2=O)c(OCC)c1. The van der Waals surface area contributed by atoms with Crippen molar-refractivity contribution in [3.63, 3.8) is 0 Å². The Kier molecular flexibility index (Phi) is 6.64. The van der Waals surface area contributed by atoms with Crippen LogP contribution in [0.3, 0.4) is 0 Å². The fraction of sp³-hybridized carbons (Fsp3) is 0.190. The molecule has 0 atom stereocenters. The van der Waals surface area contributed by atoms with Crippen LogP contribution in [0, 0.1) is 0 Å². The summed E-state index contributed by atoms with van der Waals surface area (Å²) in [5.41, 5.74) is 0.294. The van der Waals surface area contributed by atoms with Gasteiger partial charge in [-0.15, -0.1) is 0 Å². The Morgan fingerprint density at radius 3 is 2.47 bits per heavy atom. The molecule has 9 heteroatoms. The van der Waals surface area contributed by atoms with E-state index in [1.807, 2.05) is 13.8 Å². The number of benzene rings is 2. The minimum Gasteiger partial charge on any atom is -0.494 e. The van der Waals surface area contributed by atoms with E-state index in [0.717, 1.165) is 4.90 Å². The van der Waals surface area contributed by atoms with Crippen molar-refractivity contribution in [2.24, 2.45) is 0 Å². The zero-order valence-electron chi connectivity index (χ0n) is 16.2. The number of barbiturate groups is 1. The highest BCUT2D eigenvalue weighted by Gasteiger charge is 2.38. The second-order valence-corrected chi connectivity index (χ2v) is 6.88. The van der Waals surface area contributed by atoms with Crippen LogP contribution in [-0.4, -0.2) is 31.1 Å². The minimum absolute atomic E-state index is 0.0208. The standard InChI is InChI=1S/C21H18Cl2N2O5/c1-3-29-13-9-8-12(17(11-13)30-4-2)10-14-19(26)24-21(28)25(20(14)27)16-7-5-6-15(22)18(16)23/h5-11H,3-4H2,1-2H3,(H,24,26,28)/b14-10+. The van der Waals surface area contributed by atoms with Gasteiger partial charge in [-0.05, 0) is 44.2 Å². The van der Waals surface area contributed by atoms with E-state index in [2.05, 4.69) is 5.32 Å². The number of hydrogen-bond acceptors (Lipinski definition) is 5. The maximum absolute atomic E-state index is 13.1. The average molecular weight is 449 g/mol. The molecule has 1 aliphatic heterocycles. The van der Waals surface area contributed by atoms with Crippen LogP contribution in [0.5, 0.6) is 11.5 Å². The van der Waals surface area contributed by atoms with Gasteiger partial charge in [-0.2, -0.15) is 0 Å². The topological polar surface area (TPSA) is 84.9 Å². The third-order valence-corrected chi connectivity index (χ3v) is 4.98. The molecule has 1 N–H and O–H groups in total. The summed E-state index contributed by atoms with van der Waals surface area (Å²) < 4.78 is 11.1. The number of carbonyl (C=O) groups is 3. The molecule has 3 rings (SSSR count). The molecule has 1 fully saturated rings. The molecule has 0 aliphatic carbocycles. The highest BCUT2D eigenvalue weighted by molar-refractivity contribution is 6.46. The summed E-state index contributed by atoms with van der Waals surface area (Å²) >= 11 is 12.2. The van der Waals surface area contributed by atoms with Crippen LogP contribution in [0.1, 0.15) is 19.4 Å². The molecule has 0 unspecified atom stereocenters. The van der Waals surface area contributed by atoms with Gasteiger partial charge >= 0.3 is 6.03 Å². The van der Waals surface area contributed by atoms with Gasteiger partial charge < -0.3 is 9.47 Å². The van der Waals surface area contributed by atoms with E-state index in [9.17, 15) is 14.4 Å². The second-order valence-electron chi connectivity index (χ2n) is 6.10. The molecule has 4 amide bonds. The summed E-state index contributed by atoms with van der Waals surface area (Å²) in [4.78, 5) is 38.6. The number of imide groups is 2. The van der Waals surface area contributed by atoms with Crippen molar-refractivity contribution in [2.75, 3.05) is 18.1 Å². The number of anilines is 1. The third-order valence-electron chi connectivity index (χ3n) is 4.17. The second kappa shape index (κ2) is 9.19. The van der Waals surface area contributed by atoms with Crippen LogP contribution >= 0.6 is 23.2 Å². The zero-order chi connectivity index (χ0) is 21.8. The molecule has 7 nitrogen and oxygen atoms in total. The largest absolute Gasteiger partial charge is 0.494 e. The molecule has 156 valence electrons. The first-order chi connectivity index (χ1) is 14.4. The molecule has 0 spiro atoms. The van der Waals surface area contributed by atoms with E-state index < -0.39 is 17.8 Å². The molecular formula is C21H18Cl2N2O5. The highest BCUT2D eigenvalue weighted by atomic mass is 35.5. The lowest BCUT2D eigenvalue weighted by atomic mass is 10.1. The van der Waals surface area contributed by atoms with E-state index in [1.165, 1.54) is 18.2 Å². The molecule has 2 aromatic carbocycles. The summed E-state index contributed by atoms with van der Waals surface area (Å²) in [7, 11) is 0. The number of nitrogens with one attached hydrogen (secondary N) is 1. The van der Waals surface area contributed by atoms with Crippen LogP contribution < -0.4 is 19.7 Å². The molecule has 1 saturated heterocycles. The van der Waals surface area contributed by atoms with Gasteiger partial charge in [0.1, 0.15) is 17.1 Å². The Hall–Kier alpha value is -3.03. The van der Waals surface area contributed by atoms with Gasteiger partial charge in [0.25, 0.3) is 11.8 Å². The van der Waals surface area contributed by atoms with Crippen molar-refractivity contribution in [3.8, 4) is 11.5 Å². The molecule has 1 heterocycles. The number of amides is 4. The van der Waals surface area contributed by atoms with Gasteiger partial charge in [0, 0.05) is 11.6 Å². The van der Waals surface area contributed by atoms with Crippen LogP contribution in [0.15, 0.2) is 42.0 Å². The molecule has 1 aliphatic rings. The first kappa shape index (κ1) is 21.7. The predicted octanol–water partition coefficient (Wildman–Crippen LogP) is 4.46. The van der Waals surface area contributed by atoms with Crippen molar-refractivity contribution in [2.45, 2.75) is 13.8 Å². The van der Waals surface area contributed by atoms with Crippen molar-refractivity contribution < 1.29 is 23.9 Å². The number of nitrogens with zero attached hydrogens (tertiary/aromatic N) is 1. The van der Waals surface area contributed by atoms with Gasteiger partial charge in [0.05, 0.1) is 28.9 Å². The molecule has 0 bridgehead atoms. The Morgan fingerprint density at radius 2 is 1.77 bits per heavy atom. The molecule has 2 aromatic rings. The molecule has 30 heavy (non-hydrogen) atoms. The van der Waals surface area contributed by atoms with Crippen LogP contribution in [0.25, 0.3) is 6.08 Å². The number of carbonyl (C=O) groups excluding carboxylic acids is 3. The molecule has 0 aromatic heterocycles. The summed E-state index contributed by atoms with van der Waals surface area (Å²) in [6.07, 6.45) is 1.36. The average Bonchev–Trinajstić information content (AvgIpc) is 2.70. The summed E-state index contributed by atoms with van der Waals surface area (Å²) in [5, 5.41) is 2.34. The lowest BCUT2D eigenvalue weighted by molar-refractivity contribution is -0.122. The summed E-state index contributed by atoms with van der Waals surface area (Å²) in [6, 6.07) is 8.64. The fourth-order valence-corrected chi connectivity index (χ4v) is 3.25. The van der Waals surface area contributed by atoms with Gasteiger partial charge in [-0.3, -0.25) is 14.9 Å². The number of rotatable bonds is 6. The normalized spacial score (nSPS) is 15.4. The highest BCUT2D eigenvalue weighted by Crippen LogP contribution is 2.35. The van der Waals surface area contributed by atoms with E-state index in [1.54, 1.807) is 24.3 Å². The van der Waals surface area contributed by atoms with Gasteiger partial charge in [0.2, 0.25) is 0 Å². The van der Waals surface area contributed by atoms with Crippen molar-refractivity contribution in [3.05, 3.63) is 57.6 Å². The number of halogens is 2. The summed E-state index contributed by atoms with van der Waals surface area (Å²) in [6.45, 7) is 4.51. The quantitative estimate of drug-likeness (QED) is 0.520. The van der Waals surface area contributed by atoms with E-state index in [0.29, 0.717) is 30.3 Å².